The zero-order valence-corrected chi connectivity index (χ0v) is 78.2. The van der Waals surface area contributed by atoms with Crippen LogP contribution in [0.25, 0.3) is 182 Å². The highest BCUT2D eigenvalue weighted by atomic mass is 16.5. The van der Waals surface area contributed by atoms with Crippen LogP contribution in [0.2, 0.25) is 0 Å². The summed E-state index contributed by atoms with van der Waals surface area (Å²) in [7, 11) is 0. The third-order valence-electron chi connectivity index (χ3n) is 27.1. The third kappa shape index (κ3) is 13.8. The van der Waals surface area contributed by atoms with Gasteiger partial charge >= 0.3 is 0 Å². The molecule has 5 aliphatic heterocycles. The molecule has 11 heterocycles. The molecular weight excluding hydrogens is 1530 g/mol. The van der Waals surface area contributed by atoms with E-state index < -0.39 is 5.41 Å². The molecular formula is C117H114N8O. The van der Waals surface area contributed by atoms with E-state index in [9.17, 15) is 0 Å². The van der Waals surface area contributed by atoms with Crippen molar-refractivity contribution in [3.63, 3.8) is 0 Å². The molecule has 0 radical (unpaired) electrons. The SMILES string of the molecule is Cc1cc(C)c(-c2c3nc(c(-c4c(C)cc(C)cc4C)c4ccc([nH]4)c(-c4c(C)cc(C)cc4C)c4nc(c(-c5cc(C(C)(C)C)cc6c5Oc5c(-c7c8nc(c(-c9c(C)cc(C)cc9C)c9ccc([nH]9)c(-c9c(C)cc(C)cc9C)c9nc(c(-c%10c(C)cc(C)cc%10C)c%10ccc7[nH]%10)C=C9)C=C8)cc(C(C)(C)C)cc5C6(C)C)c5ccc2[nH]5)C=C4)C=C3)c(C)c1. The molecule has 0 fully saturated rings. The molecule has 16 bridgehead atoms. The van der Waals surface area contributed by atoms with Crippen molar-refractivity contribution in [2.24, 2.45) is 0 Å². The molecule has 0 saturated heterocycles. The van der Waals surface area contributed by atoms with Gasteiger partial charge in [0.15, 0.2) is 0 Å². The van der Waals surface area contributed by atoms with Crippen LogP contribution in [0, 0.1) is 125 Å². The number of hydrogen-bond donors (Lipinski definition) is 4. The van der Waals surface area contributed by atoms with Crippen molar-refractivity contribution in [3.05, 3.63) is 314 Å². The molecule has 6 aromatic heterocycles. The molecule has 0 atom stereocenters. The van der Waals surface area contributed by atoms with Crippen LogP contribution in [0.3, 0.4) is 0 Å². The number of nitrogens with one attached hydrogen (secondary N) is 4. The Labute approximate surface area is 742 Å². The summed E-state index contributed by atoms with van der Waals surface area (Å²) in [5.41, 5.74) is 55.4. The van der Waals surface area contributed by atoms with Crippen LogP contribution in [0.4, 0.5) is 0 Å². The first kappa shape index (κ1) is 82.4. The normalized spacial score (nSPS) is 13.3. The first-order valence-corrected chi connectivity index (χ1v) is 44.7. The van der Waals surface area contributed by atoms with Gasteiger partial charge in [-0.05, 0) is 356 Å². The van der Waals surface area contributed by atoms with Crippen LogP contribution in [-0.2, 0) is 16.2 Å². The Bertz CT molecular complexity index is 6970. The van der Waals surface area contributed by atoms with E-state index in [1.165, 1.54) is 111 Å². The molecule has 9 nitrogen and oxygen atoms in total. The lowest BCUT2D eigenvalue weighted by Crippen LogP contribution is -2.27. The van der Waals surface area contributed by atoms with Crippen molar-refractivity contribution < 1.29 is 4.74 Å². The van der Waals surface area contributed by atoms with Gasteiger partial charge in [-0.15, -0.1) is 0 Å². The zero-order valence-electron chi connectivity index (χ0n) is 78.2. The van der Waals surface area contributed by atoms with Crippen molar-refractivity contribution in [1.82, 2.24) is 39.9 Å². The topological polar surface area (TPSA) is 124 Å². The number of nitrogens with zero attached hydrogens (tertiary/aromatic N) is 4. The highest BCUT2D eigenvalue weighted by Crippen LogP contribution is 2.59. The number of hydrogen-bond acceptors (Lipinski definition) is 5. The lowest BCUT2D eigenvalue weighted by molar-refractivity contribution is 0.418. The lowest BCUT2D eigenvalue weighted by Gasteiger charge is -2.39. The Morgan fingerprint density at radius 2 is 0.389 bits per heavy atom. The Morgan fingerprint density at radius 1 is 0.222 bits per heavy atom. The van der Waals surface area contributed by atoms with E-state index in [1.807, 2.05) is 0 Å². The summed E-state index contributed by atoms with van der Waals surface area (Å²) in [5.74, 6) is 1.51. The fraction of sp³-hybridized carbons (Fsp3) is 0.248. The van der Waals surface area contributed by atoms with E-state index in [4.69, 9.17) is 24.7 Å². The molecule has 19 rings (SSSR count). The predicted octanol–water partition coefficient (Wildman–Crippen LogP) is 31.5. The molecule has 4 N–H and O–H groups in total. The van der Waals surface area contributed by atoms with Gasteiger partial charge in [-0.1, -0.05) is 174 Å². The maximum atomic E-state index is 8.46. The molecule has 0 aliphatic carbocycles. The van der Waals surface area contributed by atoms with Crippen LogP contribution in [0.1, 0.15) is 223 Å². The second-order valence-electron chi connectivity index (χ2n) is 39.7. The average molecular weight is 1650 g/mol. The zero-order chi connectivity index (χ0) is 88.8. The Balaban J connectivity index is 0.958. The average Bonchev–Trinajstić information content (AvgIpc) is 1.02. The minimum absolute atomic E-state index is 0.339. The number of rotatable bonds is 8. The predicted molar refractivity (Wildman–Crippen MR) is 536 cm³/mol. The number of H-pyrrole nitrogens is 4. The minimum Gasteiger partial charge on any atom is -0.455 e. The number of fused-ring (bicyclic) bond motifs is 18. The van der Waals surface area contributed by atoms with Gasteiger partial charge in [-0.2, -0.15) is 0 Å². The maximum Gasteiger partial charge on any atom is 0.139 e. The van der Waals surface area contributed by atoms with E-state index in [1.54, 1.807) is 0 Å². The molecule has 0 spiro atoms. The summed E-state index contributed by atoms with van der Waals surface area (Å²) in [5, 5.41) is 0. The molecule has 8 aromatic carbocycles. The monoisotopic (exact) mass is 1650 g/mol. The van der Waals surface area contributed by atoms with Gasteiger partial charge in [0.2, 0.25) is 0 Å². The molecule has 9 heteroatoms. The van der Waals surface area contributed by atoms with Crippen LogP contribution in [-0.4, -0.2) is 39.9 Å². The van der Waals surface area contributed by atoms with Gasteiger partial charge in [0.1, 0.15) is 11.5 Å². The van der Waals surface area contributed by atoms with Gasteiger partial charge in [-0.3, -0.25) is 0 Å². The molecule has 0 unspecified atom stereocenters. The Morgan fingerprint density at radius 3 is 0.563 bits per heavy atom. The fourth-order valence-electron chi connectivity index (χ4n) is 21.9. The molecule has 5 aliphatic rings. The number of aromatic amines is 4. The fourth-order valence-corrected chi connectivity index (χ4v) is 21.9. The van der Waals surface area contributed by atoms with E-state index in [0.29, 0.717) is 0 Å². The first-order valence-electron chi connectivity index (χ1n) is 44.7. The second-order valence-corrected chi connectivity index (χ2v) is 39.7. The molecule has 0 amide bonds. The number of ether oxygens (including phenoxy) is 1. The minimum atomic E-state index is -0.703. The van der Waals surface area contributed by atoms with Crippen molar-refractivity contribution >= 4 is 92.7 Å². The summed E-state index contributed by atoms with van der Waals surface area (Å²) in [6.45, 7) is 58.9. The van der Waals surface area contributed by atoms with Crippen molar-refractivity contribution in [2.75, 3.05) is 0 Å². The van der Waals surface area contributed by atoms with Gasteiger partial charge in [0.05, 0.1) is 45.6 Å². The molecule has 14 aromatic rings. The van der Waals surface area contributed by atoms with Crippen molar-refractivity contribution in [2.45, 2.75) is 196 Å². The van der Waals surface area contributed by atoms with Crippen LogP contribution in [0.15, 0.2) is 146 Å². The summed E-state index contributed by atoms with van der Waals surface area (Å²) in [6.07, 6.45) is 17.9. The van der Waals surface area contributed by atoms with Crippen molar-refractivity contribution in [1.29, 1.82) is 0 Å². The van der Waals surface area contributed by atoms with Crippen LogP contribution < -0.4 is 4.74 Å². The molecule has 126 heavy (non-hydrogen) atoms. The number of benzene rings is 8. The first-order chi connectivity index (χ1) is 59.8. The quantitative estimate of drug-likeness (QED) is 0.121. The summed E-state index contributed by atoms with van der Waals surface area (Å²) >= 11 is 0. The molecule has 0 saturated carbocycles. The summed E-state index contributed by atoms with van der Waals surface area (Å²) < 4.78 is 8.46. The smallest absolute Gasteiger partial charge is 0.139 e. The lowest BCUT2D eigenvalue weighted by atomic mass is 9.70. The third-order valence-corrected chi connectivity index (χ3v) is 27.1. The van der Waals surface area contributed by atoms with Crippen molar-refractivity contribution in [3.8, 4) is 101 Å². The van der Waals surface area contributed by atoms with E-state index in [2.05, 4.69) is 394 Å². The van der Waals surface area contributed by atoms with E-state index in [-0.39, 0.29) is 10.8 Å². The molecule has 628 valence electrons. The maximum absolute atomic E-state index is 8.46. The van der Waals surface area contributed by atoms with E-state index in [0.717, 1.165) is 201 Å². The highest BCUT2D eigenvalue weighted by molar-refractivity contribution is 6.06. The summed E-state index contributed by atoms with van der Waals surface area (Å²) in [4.78, 5) is 40.8. The largest absolute Gasteiger partial charge is 0.455 e. The Kier molecular flexibility index (Phi) is 19.6. The Hall–Kier alpha value is -13.2. The second kappa shape index (κ2) is 30.0. The summed E-state index contributed by atoms with van der Waals surface area (Å²) in [6, 6.07) is 55.6. The van der Waals surface area contributed by atoms with Gasteiger partial charge in [0, 0.05) is 116 Å². The van der Waals surface area contributed by atoms with Gasteiger partial charge in [0.25, 0.3) is 0 Å². The standard InChI is InChI=1S/C117H114N8O/c1-59-43-65(7)99(66(8)44-59)107-87-31-27-83(118-87)105(84-28-32-88(119-84)108(100-67(9)45-60(2)46-68(100)10)92-36-40-96(123-92)111(95-39-35-91(107)122-95)103-73(15)51-63(5)52-74(103)16)79-55-77(115(19,20)21)57-81-113(79)126-114-80(56-78(116(22,23)24)58-82(114)117(81,25)26)106-85-29-33-89(120-85)109(101-69(11)47-61(3)48-70(101)12)93-37-41-97(124-93)112(104-75(17)53-64(6)54-76(104)18)98-42-38-94(125-98)110(90-34-30-86(106)121-90)102-71(13)49-62(4)50-72(102)14/h27-58,118,120,123,125H,1-26H3. The van der Waals surface area contributed by atoms with Gasteiger partial charge < -0.3 is 24.7 Å². The highest BCUT2D eigenvalue weighted by Gasteiger charge is 2.42. The van der Waals surface area contributed by atoms with Crippen LogP contribution >= 0.6 is 0 Å². The number of aromatic nitrogens is 8. The van der Waals surface area contributed by atoms with Gasteiger partial charge in [-0.25, -0.2) is 19.9 Å². The van der Waals surface area contributed by atoms with E-state index >= 15 is 0 Å². The van der Waals surface area contributed by atoms with Crippen LogP contribution in [0.5, 0.6) is 11.5 Å². The number of aryl methyl sites for hydroxylation is 18.